The van der Waals surface area contributed by atoms with Crippen LogP contribution in [-0.4, -0.2) is 9.97 Å². The summed E-state index contributed by atoms with van der Waals surface area (Å²) in [6, 6.07) is 14.7. The number of nitrogens with zero attached hydrogens (tertiary/aromatic N) is 3. The minimum absolute atomic E-state index is 0.848. The fourth-order valence-electron chi connectivity index (χ4n) is 2.63. The fourth-order valence-corrected chi connectivity index (χ4v) is 2.63. The molecule has 0 unspecified atom stereocenters. The molecule has 0 N–H and O–H groups in total. The van der Waals surface area contributed by atoms with Crippen LogP contribution in [0.25, 0.3) is 22.5 Å². The molecular weight excluding hydrogens is 270 g/mol. The van der Waals surface area contributed by atoms with Gasteiger partial charge in [-0.3, -0.25) is 0 Å². The van der Waals surface area contributed by atoms with Crippen LogP contribution in [-0.2, 0) is 13.5 Å². The quantitative estimate of drug-likeness (QED) is 0.691. The topological polar surface area (TPSA) is 29.7 Å². The molecule has 3 nitrogen and oxygen atoms in total. The van der Waals surface area contributed by atoms with Crippen molar-refractivity contribution >= 4 is 0 Å². The van der Waals surface area contributed by atoms with E-state index in [-0.39, 0.29) is 0 Å². The van der Waals surface area contributed by atoms with Crippen molar-refractivity contribution in [1.29, 1.82) is 0 Å². The lowest BCUT2D eigenvalue weighted by atomic mass is 10.0. The number of rotatable bonds is 3. The molecule has 0 atom stereocenters. The van der Waals surface area contributed by atoms with Crippen molar-refractivity contribution in [2.24, 2.45) is 7.05 Å². The Labute approximate surface area is 131 Å². The van der Waals surface area contributed by atoms with E-state index < -0.39 is 0 Å². The van der Waals surface area contributed by atoms with Gasteiger partial charge in [0.2, 0.25) is 5.69 Å². The lowest BCUT2D eigenvalue weighted by Crippen LogP contribution is -2.30. The number of benzene rings is 1. The maximum absolute atomic E-state index is 4.60. The van der Waals surface area contributed by atoms with E-state index in [1.807, 2.05) is 12.3 Å². The highest BCUT2D eigenvalue weighted by atomic mass is 14.9. The lowest BCUT2D eigenvalue weighted by molar-refractivity contribution is -0.659. The summed E-state index contributed by atoms with van der Waals surface area (Å²) in [5.41, 5.74) is 5.82. The predicted octanol–water partition coefficient (Wildman–Crippen LogP) is 3.51. The third kappa shape index (κ3) is 2.75. The predicted molar refractivity (Wildman–Crippen MR) is 88.2 cm³/mol. The van der Waals surface area contributed by atoms with Crippen LogP contribution in [0.15, 0.2) is 54.9 Å². The van der Waals surface area contributed by atoms with E-state index in [4.69, 9.17) is 0 Å². The van der Waals surface area contributed by atoms with Gasteiger partial charge in [0.05, 0.1) is 11.3 Å². The maximum Gasteiger partial charge on any atom is 0.212 e. The summed E-state index contributed by atoms with van der Waals surface area (Å²) in [4.78, 5) is 8.86. The highest BCUT2D eigenvalue weighted by molar-refractivity contribution is 5.64. The summed E-state index contributed by atoms with van der Waals surface area (Å²) >= 11 is 0. The van der Waals surface area contributed by atoms with Crippen molar-refractivity contribution in [2.75, 3.05) is 0 Å². The van der Waals surface area contributed by atoms with E-state index in [1.54, 1.807) is 0 Å². The molecule has 2 heterocycles. The Morgan fingerprint density at radius 3 is 2.59 bits per heavy atom. The highest BCUT2D eigenvalue weighted by Gasteiger charge is 2.14. The Morgan fingerprint density at radius 1 is 1.05 bits per heavy atom. The molecule has 2 aromatic heterocycles. The van der Waals surface area contributed by atoms with Crippen molar-refractivity contribution in [3.05, 3.63) is 66.2 Å². The molecule has 22 heavy (non-hydrogen) atoms. The van der Waals surface area contributed by atoms with Gasteiger partial charge >= 0.3 is 0 Å². The average molecular weight is 290 g/mol. The van der Waals surface area contributed by atoms with Crippen LogP contribution >= 0.6 is 0 Å². The van der Waals surface area contributed by atoms with Gasteiger partial charge in [0.15, 0.2) is 6.20 Å². The monoisotopic (exact) mass is 290 g/mol. The fraction of sp³-hybridized carbons (Fsp3) is 0.211. The van der Waals surface area contributed by atoms with Gasteiger partial charge in [-0.25, -0.2) is 14.5 Å². The van der Waals surface area contributed by atoms with E-state index in [0.717, 1.165) is 23.5 Å². The smallest absolute Gasteiger partial charge is 0.212 e. The Balaban J connectivity index is 2.04. The number of hydrogen-bond donors (Lipinski definition) is 0. The summed E-state index contributed by atoms with van der Waals surface area (Å²) in [6.45, 7) is 4.21. The molecule has 3 heteroatoms. The highest BCUT2D eigenvalue weighted by Crippen LogP contribution is 2.22. The first-order valence-corrected chi connectivity index (χ1v) is 7.57. The zero-order chi connectivity index (χ0) is 15.5. The van der Waals surface area contributed by atoms with Crippen molar-refractivity contribution in [3.63, 3.8) is 0 Å². The number of pyridine rings is 1. The first-order valence-electron chi connectivity index (χ1n) is 7.57. The van der Waals surface area contributed by atoms with Gasteiger partial charge in [-0.05, 0) is 30.7 Å². The molecule has 0 spiro atoms. The first kappa shape index (κ1) is 14.4. The molecule has 0 radical (unpaired) electrons. The molecule has 0 bridgehead atoms. The van der Waals surface area contributed by atoms with Gasteiger partial charge < -0.3 is 0 Å². The lowest BCUT2D eigenvalue weighted by Gasteiger charge is -2.06. The Bertz CT molecular complexity index is 809. The van der Waals surface area contributed by atoms with Crippen LogP contribution < -0.4 is 4.57 Å². The molecular formula is C19H20N3+. The van der Waals surface area contributed by atoms with Gasteiger partial charge in [0, 0.05) is 24.2 Å². The van der Waals surface area contributed by atoms with E-state index in [9.17, 15) is 0 Å². The summed E-state index contributed by atoms with van der Waals surface area (Å²) in [5, 5.41) is 0. The van der Waals surface area contributed by atoms with Crippen molar-refractivity contribution < 1.29 is 4.57 Å². The normalized spacial score (nSPS) is 10.7. The van der Waals surface area contributed by atoms with Crippen LogP contribution in [0.2, 0.25) is 0 Å². The number of aryl methyl sites for hydroxylation is 3. The zero-order valence-corrected chi connectivity index (χ0v) is 13.2. The molecule has 0 saturated heterocycles. The maximum atomic E-state index is 4.60. The van der Waals surface area contributed by atoms with Gasteiger partial charge in [0.1, 0.15) is 12.9 Å². The second-order valence-corrected chi connectivity index (χ2v) is 5.44. The summed E-state index contributed by atoms with van der Waals surface area (Å²) < 4.78 is 2.16. The second-order valence-electron chi connectivity index (χ2n) is 5.44. The summed E-state index contributed by atoms with van der Waals surface area (Å²) in [6.07, 6.45) is 4.81. The minimum Gasteiger partial charge on any atom is -0.241 e. The van der Waals surface area contributed by atoms with E-state index >= 15 is 0 Å². The van der Waals surface area contributed by atoms with Crippen LogP contribution in [0, 0.1) is 6.92 Å². The molecule has 3 aromatic rings. The standard InChI is InChI=1S/C19H20N3/c1-4-19-20-12-11-17(21-19)15-9-10-18(22(3)13-15)16-8-6-5-7-14(16)2/h5-13H,4H2,1-3H3/q+1. The van der Waals surface area contributed by atoms with Gasteiger partial charge in [-0.1, -0.05) is 25.1 Å². The van der Waals surface area contributed by atoms with Gasteiger partial charge in [-0.15, -0.1) is 0 Å². The van der Waals surface area contributed by atoms with Gasteiger partial charge in [0.25, 0.3) is 0 Å². The van der Waals surface area contributed by atoms with Crippen molar-refractivity contribution in [2.45, 2.75) is 20.3 Å². The van der Waals surface area contributed by atoms with Crippen LogP contribution in [0.3, 0.4) is 0 Å². The van der Waals surface area contributed by atoms with Gasteiger partial charge in [-0.2, -0.15) is 0 Å². The molecule has 0 aliphatic rings. The van der Waals surface area contributed by atoms with Crippen LogP contribution in [0.5, 0.6) is 0 Å². The largest absolute Gasteiger partial charge is 0.241 e. The first-order chi connectivity index (χ1) is 10.7. The second kappa shape index (κ2) is 6.06. The Hall–Kier alpha value is -2.55. The number of aromatic nitrogens is 3. The number of hydrogen-bond acceptors (Lipinski definition) is 2. The molecule has 0 amide bonds. The minimum atomic E-state index is 0.848. The van der Waals surface area contributed by atoms with E-state index in [0.29, 0.717) is 0 Å². The van der Waals surface area contributed by atoms with Crippen molar-refractivity contribution in [1.82, 2.24) is 9.97 Å². The van der Waals surface area contributed by atoms with E-state index in [1.165, 1.54) is 16.8 Å². The molecule has 0 saturated carbocycles. The molecule has 110 valence electrons. The molecule has 0 aliphatic carbocycles. The van der Waals surface area contributed by atoms with E-state index in [2.05, 4.69) is 78.0 Å². The Morgan fingerprint density at radius 2 is 1.86 bits per heavy atom. The third-order valence-corrected chi connectivity index (χ3v) is 3.87. The summed E-state index contributed by atoms with van der Waals surface area (Å²) in [7, 11) is 2.08. The molecule has 1 aromatic carbocycles. The van der Waals surface area contributed by atoms with Crippen LogP contribution in [0.1, 0.15) is 18.3 Å². The molecule has 0 aliphatic heterocycles. The Kier molecular flexibility index (Phi) is 3.96. The molecule has 0 fully saturated rings. The third-order valence-electron chi connectivity index (χ3n) is 3.87. The van der Waals surface area contributed by atoms with Crippen molar-refractivity contribution in [3.8, 4) is 22.5 Å². The summed E-state index contributed by atoms with van der Waals surface area (Å²) in [5.74, 6) is 0.878. The van der Waals surface area contributed by atoms with Crippen LogP contribution in [0.4, 0.5) is 0 Å². The molecule has 3 rings (SSSR count). The average Bonchev–Trinajstić information content (AvgIpc) is 2.56. The zero-order valence-electron chi connectivity index (χ0n) is 13.2. The SMILES string of the molecule is CCc1nccc(-c2ccc(-c3ccccc3C)[n+](C)c2)n1.